The van der Waals surface area contributed by atoms with Gasteiger partial charge in [0.15, 0.2) is 0 Å². The molecule has 0 saturated carbocycles. The number of nitrogens with zero attached hydrogens (tertiary/aromatic N) is 3. The van der Waals surface area contributed by atoms with Crippen molar-refractivity contribution in [3.8, 4) is 22.3 Å². The van der Waals surface area contributed by atoms with Gasteiger partial charge in [-0.2, -0.15) is 0 Å². The number of rotatable bonds is 7. The molecular weight excluding hydrogens is 1040 g/mol. The van der Waals surface area contributed by atoms with Crippen LogP contribution in [0.25, 0.3) is 54.3 Å². The number of hydrogen-bond acceptors (Lipinski definition) is 5. The molecule has 0 saturated heterocycles. The van der Waals surface area contributed by atoms with Crippen molar-refractivity contribution in [2.75, 3.05) is 14.7 Å². The van der Waals surface area contributed by atoms with Crippen molar-refractivity contribution < 1.29 is 20.9 Å². The average molecular weight is 1120 g/mol. The molecule has 2 aliphatic heterocycles. The summed E-state index contributed by atoms with van der Waals surface area (Å²) < 4.78 is 118. The van der Waals surface area contributed by atoms with Crippen molar-refractivity contribution in [2.24, 2.45) is 0 Å². The fourth-order valence-electron chi connectivity index (χ4n) is 12.3. The Hall–Kier alpha value is -8.58. The number of para-hydroxylation sites is 2. The largest absolute Gasteiger partial charge is 0.455 e. The molecule has 0 bridgehead atoms. The van der Waals surface area contributed by atoms with Crippen molar-refractivity contribution in [2.45, 2.75) is 105 Å². The second kappa shape index (κ2) is 19.5. The maximum atomic E-state index is 10.0. The van der Waals surface area contributed by atoms with Crippen LogP contribution in [0.5, 0.6) is 0 Å². The first-order valence-corrected chi connectivity index (χ1v) is 29.7. The van der Waals surface area contributed by atoms with E-state index in [-0.39, 0.29) is 72.9 Å². The zero-order valence-electron chi connectivity index (χ0n) is 61.6. The Morgan fingerprint density at radius 1 is 0.429 bits per heavy atom. The van der Waals surface area contributed by atoms with Gasteiger partial charge in [-0.15, -0.1) is 11.3 Å². The molecule has 414 valence electrons. The quantitative estimate of drug-likeness (QED) is 0.148. The van der Waals surface area contributed by atoms with Crippen LogP contribution >= 0.6 is 11.3 Å². The maximum Gasteiger partial charge on any atom is 0.264 e. The molecule has 14 rings (SSSR count). The summed E-state index contributed by atoms with van der Waals surface area (Å²) in [6, 6.07) is 46.0. The molecule has 4 nitrogen and oxygen atoms in total. The average Bonchev–Trinajstić information content (AvgIpc) is 1.27. The number of thiophene rings is 1. The topological polar surface area (TPSA) is 22.9 Å². The van der Waals surface area contributed by atoms with E-state index in [1.165, 1.54) is 11.1 Å². The van der Waals surface area contributed by atoms with Crippen LogP contribution in [0.3, 0.4) is 0 Å². The van der Waals surface area contributed by atoms with Gasteiger partial charge in [-0.25, -0.2) is 0 Å². The molecule has 2 aromatic heterocycles. The third-order valence-corrected chi connectivity index (χ3v) is 18.1. The summed E-state index contributed by atoms with van der Waals surface area (Å²) in [7, 11) is 0. The molecule has 12 aromatic rings. The van der Waals surface area contributed by atoms with Crippen LogP contribution in [0, 0.1) is 0 Å². The van der Waals surface area contributed by atoms with E-state index in [1.54, 1.807) is 11.3 Å². The number of furan rings is 1. The Bertz CT molecular complexity index is 5160. The lowest BCUT2D eigenvalue weighted by atomic mass is 9.36. The third kappa shape index (κ3) is 9.04. The van der Waals surface area contributed by atoms with Crippen molar-refractivity contribution in [3.05, 3.63) is 240 Å². The van der Waals surface area contributed by atoms with Gasteiger partial charge in [0, 0.05) is 76.7 Å². The molecule has 0 radical (unpaired) electrons. The molecule has 0 atom stereocenters. The Morgan fingerprint density at radius 2 is 0.940 bits per heavy atom. The minimum Gasteiger partial charge on any atom is -0.455 e. The van der Waals surface area contributed by atoms with Gasteiger partial charge in [-0.1, -0.05) is 210 Å². The van der Waals surface area contributed by atoms with Crippen molar-refractivity contribution >= 4 is 117 Å². The van der Waals surface area contributed by atoms with E-state index in [0.717, 1.165) is 82.4 Å². The highest BCUT2D eigenvalue weighted by Crippen LogP contribution is 2.52. The van der Waals surface area contributed by atoms with Gasteiger partial charge < -0.3 is 19.1 Å². The summed E-state index contributed by atoms with van der Waals surface area (Å²) in [4.78, 5) is 6.80. The van der Waals surface area contributed by atoms with Gasteiger partial charge in [0.25, 0.3) is 6.71 Å². The van der Waals surface area contributed by atoms with Gasteiger partial charge in [-0.3, -0.25) is 0 Å². The van der Waals surface area contributed by atoms with E-state index < -0.39 is 61.1 Å². The Labute approximate surface area is 517 Å². The standard InChI is InChI=1S/C78H72BN3OS/c1-75(2,3)52-26-34-56(35-27-52)80(57-36-28-53(29-37-57)76(4,5)6)60-42-43-65-66(48-60)81(58-38-30-54(31-39-58)77(7,8)9)67-46-51(61-22-18-23-63-62-21-16-17-24-69(62)83-73(61)63)47-68-71(67)79(65)74-72(82(68)59-40-32-55(33-41-59)78(10,11)12)64-45-50(25-44-70(64)84-74)49-19-14-13-15-20-49/h13-48H,1-12H3/i13D,14D,15D,16D,17D,18D,19D,20D,21D,22D,23D,24D. The molecule has 2 aliphatic rings. The van der Waals surface area contributed by atoms with Crippen LogP contribution in [-0.2, 0) is 21.7 Å². The van der Waals surface area contributed by atoms with Gasteiger partial charge in [0.2, 0.25) is 0 Å². The monoisotopic (exact) mass is 1120 g/mol. The van der Waals surface area contributed by atoms with Crippen LogP contribution in [0.4, 0.5) is 51.2 Å². The van der Waals surface area contributed by atoms with Crippen LogP contribution < -0.4 is 30.4 Å². The molecule has 6 heteroatoms. The first-order valence-electron chi connectivity index (χ1n) is 34.9. The smallest absolute Gasteiger partial charge is 0.264 e. The first-order chi connectivity index (χ1) is 45.1. The molecule has 0 N–H and O–H groups in total. The zero-order valence-corrected chi connectivity index (χ0v) is 50.4. The Kier molecular flexibility index (Phi) is 9.62. The number of fused-ring (bicyclic) bond motifs is 9. The highest BCUT2D eigenvalue weighted by Gasteiger charge is 2.46. The zero-order chi connectivity index (χ0) is 68.6. The molecular formula is C78H72BN3OS. The van der Waals surface area contributed by atoms with E-state index >= 15 is 0 Å². The molecule has 0 amide bonds. The van der Waals surface area contributed by atoms with Gasteiger partial charge >= 0.3 is 0 Å². The number of hydrogen-bond donors (Lipinski definition) is 0. The Morgan fingerprint density at radius 3 is 1.52 bits per heavy atom. The van der Waals surface area contributed by atoms with Crippen molar-refractivity contribution in [1.82, 2.24) is 0 Å². The molecule has 10 aromatic carbocycles. The van der Waals surface area contributed by atoms with Crippen LogP contribution in [0.15, 0.2) is 223 Å². The molecule has 0 spiro atoms. The minimum atomic E-state index is -0.517. The van der Waals surface area contributed by atoms with Gasteiger partial charge in [0.05, 0.1) is 22.1 Å². The predicted octanol–water partition coefficient (Wildman–Crippen LogP) is 20.9. The normalized spacial score (nSPS) is 15.4. The molecule has 4 heterocycles. The van der Waals surface area contributed by atoms with Crippen LogP contribution in [0.2, 0.25) is 0 Å². The van der Waals surface area contributed by atoms with E-state index in [0.29, 0.717) is 16.8 Å². The highest BCUT2D eigenvalue weighted by atomic mass is 32.1. The lowest BCUT2D eigenvalue weighted by Gasteiger charge is -2.44. The fourth-order valence-corrected chi connectivity index (χ4v) is 13.6. The summed E-state index contributed by atoms with van der Waals surface area (Å²) in [5.41, 5.74) is 14.1. The summed E-state index contributed by atoms with van der Waals surface area (Å²) in [6.45, 7) is 25.8. The molecule has 84 heavy (non-hydrogen) atoms. The van der Waals surface area contributed by atoms with E-state index in [4.69, 9.17) is 12.6 Å². The number of anilines is 9. The van der Waals surface area contributed by atoms with E-state index in [9.17, 15) is 8.22 Å². The van der Waals surface area contributed by atoms with Crippen molar-refractivity contribution in [3.63, 3.8) is 0 Å². The van der Waals surface area contributed by atoms with Crippen LogP contribution in [0.1, 0.15) is 122 Å². The van der Waals surface area contributed by atoms with E-state index in [2.05, 4.69) is 213 Å². The Balaban J connectivity index is 1.14. The SMILES string of the molecule is [2H]c1c([2H])c([2H])c(-c2ccc3sc4c(c3c2)N(c2ccc(C(C)(C)C)cc2)c2cc(-c3c([2H])c([2H])c([2H])c5c3oc3c([2H])c([2H])c([2H])c([2H])c35)cc3c2B4c2ccc(N(c4ccc(C(C)(C)C)cc4)c4ccc(C(C)(C)C)cc4)cc2N3c2ccc(C(C)(C)C)cc2)c([2H])c1[2H]. The van der Waals surface area contributed by atoms with E-state index in [1.807, 2.05) is 30.3 Å². The molecule has 0 aliphatic carbocycles. The molecule has 0 unspecified atom stereocenters. The van der Waals surface area contributed by atoms with Crippen LogP contribution in [-0.4, -0.2) is 6.71 Å². The summed E-state index contributed by atoms with van der Waals surface area (Å²) in [6.07, 6.45) is 0. The summed E-state index contributed by atoms with van der Waals surface area (Å²) in [5, 5.41) is 0.705. The lowest BCUT2D eigenvalue weighted by molar-refractivity contribution is 0.590. The number of benzene rings is 10. The second-order valence-electron chi connectivity index (χ2n) is 26.6. The third-order valence-electron chi connectivity index (χ3n) is 16.9. The van der Waals surface area contributed by atoms with Gasteiger partial charge in [0.1, 0.15) is 11.2 Å². The van der Waals surface area contributed by atoms with Crippen molar-refractivity contribution in [1.29, 1.82) is 0 Å². The summed E-state index contributed by atoms with van der Waals surface area (Å²) >= 11 is 1.63. The molecule has 0 fully saturated rings. The predicted molar refractivity (Wildman–Crippen MR) is 363 cm³/mol. The minimum absolute atomic E-state index is 0.00562. The fraction of sp³-hybridized carbons (Fsp3) is 0.205. The lowest BCUT2D eigenvalue weighted by Crippen LogP contribution is -2.60. The highest BCUT2D eigenvalue weighted by molar-refractivity contribution is 7.33. The maximum absolute atomic E-state index is 10.0. The first kappa shape index (κ1) is 41.4. The second-order valence-corrected chi connectivity index (χ2v) is 27.7. The van der Waals surface area contributed by atoms with Gasteiger partial charge in [-0.05, 0) is 163 Å². The summed E-state index contributed by atoms with van der Waals surface area (Å²) in [5.74, 6) is 0.